The molecule has 21 heavy (non-hydrogen) atoms. The third-order valence-electron chi connectivity index (χ3n) is 2.94. The Morgan fingerprint density at radius 2 is 2.05 bits per heavy atom. The number of hydrogen-bond donors (Lipinski definition) is 1. The lowest BCUT2D eigenvalue weighted by molar-refractivity contribution is 0.215. The van der Waals surface area contributed by atoms with Crippen LogP contribution in [0.2, 0.25) is 0 Å². The molecule has 1 heterocycles. The van der Waals surface area contributed by atoms with Gasteiger partial charge in [0.1, 0.15) is 11.4 Å². The summed E-state index contributed by atoms with van der Waals surface area (Å²) < 4.78 is 5.16. The largest absolute Gasteiger partial charge is 0.417 e. The van der Waals surface area contributed by atoms with E-state index in [9.17, 15) is 4.79 Å². The minimum atomic E-state index is -0.534. The highest BCUT2D eigenvalue weighted by Crippen LogP contribution is 2.27. The van der Waals surface area contributed by atoms with E-state index in [1.165, 1.54) is 12.8 Å². The predicted octanol–water partition coefficient (Wildman–Crippen LogP) is 3.45. The number of carbonyl (C=O) groups is 1. The van der Waals surface area contributed by atoms with Crippen molar-refractivity contribution in [3.8, 4) is 17.6 Å². The second-order valence-corrected chi connectivity index (χ2v) is 4.80. The van der Waals surface area contributed by atoms with Crippen LogP contribution in [-0.2, 0) is 0 Å². The maximum absolute atomic E-state index is 11.8. The first-order valence-corrected chi connectivity index (χ1v) is 6.81. The van der Waals surface area contributed by atoms with Gasteiger partial charge in [0.2, 0.25) is 0 Å². The predicted molar refractivity (Wildman–Crippen MR) is 79.9 cm³/mol. The number of nitrogens with one attached hydrogen (secondary N) is 1. The molecule has 104 valence electrons. The van der Waals surface area contributed by atoms with Crippen LogP contribution < -0.4 is 10.1 Å². The number of aromatic nitrogens is 1. The molecule has 0 atom stereocenters. The molecule has 4 nitrogen and oxygen atoms in total. The quantitative estimate of drug-likeness (QED) is 0.856. The fourth-order valence-corrected chi connectivity index (χ4v) is 1.72. The summed E-state index contributed by atoms with van der Waals surface area (Å²) in [6.07, 6.45) is 3.44. The van der Waals surface area contributed by atoms with Crippen molar-refractivity contribution in [2.75, 3.05) is 5.32 Å². The molecular formula is C17H14N2O2. The molecule has 0 aliphatic heterocycles. The van der Waals surface area contributed by atoms with Crippen LogP contribution in [0.3, 0.4) is 0 Å². The first-order valence-electron chi connectivity index (χ1n) is 6.81. The van der Waals surface area contributed by atoms with E-state index in [0.717, 1.165) is 0 Å². The Balaban J connectivity index is 1.63. The summed E-state index contributed by atoms with van der Waals surface area (Å²) in [5.74, 6) is 7.17. The van der Waals surface area contributed by atoms with Crippen molar-refractivity contribution in [2.45, 2.75) is 12.8 Å². The molecular weight excluding hydrogens is 264 g/mol. The highest BCUT2D eigenvalue weighted by Gasteiger charge is 2.17. The van der Waals surface area contributed by atoms with E-state index in [0.29, 0.717) is 23.0 Å². The van der Waals surface area contributed by atoms with Crippen LogP contribution in [0.1, 0.15) is 18.5 Å². The van der Waals surface area contributed by atoms with Crippen molar-refractivity contribution in [1.82, 2.24) is 4.98 Å². The van der Waals surface area contributed by atoms with Gasteiger partial charge in [-0.2, -0.15) is 0 Å². The maximum Gasteiger partial charge on any atom is 0.417 e. The fourth-order valence-electron chi connectivity index (χ4n) is 1.72. The average Bonchev–Trinajstić information content (AvgIpc) is 3.31. The Labute approximate surface area is 123 Å². The number of hydrogen-bond acceptors (Lipinski definition) is 3. The van der Waals surface area contributed by atoms with Gasteiger partial charge in [0.15, 0.2) is 0 Å². The highest BCUT2D eigenvalue weighted by molar-refractivity contribution is 5.86. The first kappa shape index (κ1) is 13.2. The Kier molecular flexibility index (Phi) is 3.83. The Bertz CT molecular complexity index is 697. The topological polar surface area (TPSA) is 51.2 Å². The average molecular weight is 278 g/mol. The molecule has 1 fully saturated rings. The number of nitrogens with zero attached hydrogens (tertiary/aromatic N) is 1. The summed E-state index contributed by atoms with van der Waals surface area (Å²) >= 11 is 0. The highest BCUT2D eigenvalue weighted by atomic mass is 16.6. The minimum Gasteiger partial charge on any atom is -0.410 e. The second kappa shape index (κ2) is 6.10. The molecule has 4 heteroatoms. The molecule has 3 rings (SSSR count). The van der Waals surface area contributed by atoms with Crippen LogP contribution in [-0.4, -0.2) is 11.1 Å². The van der Waals surface area contributed by atoms with Gasteiger partial charge in [-0.15, -0.1) is 0 Å². The third-order valence-corrected chi connectivity index (χ3v) is 2.94. The molecule has 1 aromatic carbocycles. The number of amides is 1. The Hall–Kier alpha value is -2.80. The molecule has 1 aromatic heterocycles. The van der Waals surface area contributed by atoms with Crippen LogP contribution in [0.25, 0.3) is 0 Å². The lowest BCUT2D eigenvalue weighted by Crippen LogP contribution is -2.16. The van der Waals surface area contributed by atoms with E-state index in [-0.39, 0.29) is 0 Å². The summed E-state index contributed by atoms with van der Waals surface area (Å²) in [5, 5.41) is 2.67. The summed E-state index contributed by atoms with van der Waals surface area (Å²) in [7, 11) is 0. The van der Waals surface area contributed by atoms with Crippen molar-refractivity contribution in [1.29, 1.82) is 0 Å². The Morgan fingerprint density at radius 1 is 1.24 bits per heavy atom. The molecule has 0 bridgehead atoms. The molecule has 1 aliphatic rings. The molecule has 1 saturated carbocycles. The second-order valence-electron chi connectivity index (χ2n) is 4.80. The SMILES string of the molecule is O=C(Nc1ccnc(C#CC2CC2)c1)Oc1ccccc1. The maximum atomic E-state index is 11.8. The zero-order valence-electron chi connectivity index (χ0n) is 11.4. The van der Waals surface area contributed by atoms with Gasteiger partial charge in [-0.05, 0) is 43.0 Å². The number of benzene rings is 1. The first-order chi connectivity index (χ1) is 10.3. The molecule has 2 aromatic rings. The van der Waals surface area contributed by atoms with Crippen molar-refractivity contribution in [3.05, 3.63) is 54.4 Å². The van der Waals surface area contributed by atoms with Gasteiger partial charge in [0.05, 0.1) is 0 Å². The monoisotopic (exact) mass is 278 g/mol. The van der Waals surface area contributed by atoms with E-state index in [1.807, 2.05) is 6.07 Å². The van der Waals surface area contributed by atoms with E-state index < -0.39 is 6.09 Å². The number of pyridine rings is 1. The van der Waals surface area contributed by atoms with E-state index >= 15 is 0 Å². The lowest BCUT2D eigenvalue weighted by atomic mass is 10.3. The van der Waals surface area contributed by atoms with Gasteiger partial charge in [0.25, 0.3) is 0 Å². The van der Waals surface area contributed by atoms with Crippen LogP contribution >= 0.6 is 0 Å². The van der Waals surface area contributed by atoms with Crippen LogP contribution in [0.4, 0.5) is 10.5 Å². The molecule has 0 unspecified atom stereocenters. The number of carbonyl (C=O) groups excluding carboxylic acids is 1. The van der Waals surface area contributed by atoms with Gasteiger partial charge in [0, 0.05) is 17.8 Å². The van der Waals surface area contributed by atoms with Crippen molar-refractivity contribution < 1.29 is 9.53 Å². The van der Waals surface area contributed by atoms with Gasteiger partial charge in [-0.25, -0.2) is 9.78 Å². The molecule has 1 N–H and O–H groups in total. The number of anilines is 1. The van der Waals surface area contributed by atoms with Crippen LogP contribution in [0, 0.1) is 17.8 Å². The Morgan fingerprint density at radius 3 is 2.81 bits per heavy atom. The fraction of sp³-hybridized carbons (Fsp3) is 0.176. The van der Waals surface area contributed by atoms with Gasteiger partial charge in [-0.1, -0.05) is 24.1 Å². The van der Waals surface area contributed by atoms with E-state index in [1.54, 1.807) is 42.6 Å². The number of ether oxygens (including phenoxy) is 1. The van der Waals surface area contributed by atoms with Crippen molar-refractivity contribution >= 4 is 11.8 Å². The van der Waals surface area contributed by atoms with Crippen LogP contribution in [0.5, 0.6) is 5.75 Å². The number of rotatable bonds is 2. The molecule has 0 spiro atoms. The normalized spacial score (nSPS) is 13.0. The van der Waals surface area contributed by atoms with Gasteiger partial charge < -0.3 is 4.74 Å². The standard InChI is InChI=1S/C17H14N2O2/c20-17(21-16-4-2-1-3-5-16)19-15-10-11-18-14(12-15)9-8-13-6-7-13/h1-5,10-13H,6-7H2,(H,18,19,20). The van der Waals surface area contributed by atoms with Crippen molar-refractivity contribution in [3.63, 3.8) is 0 Å². The van der Waals surface area contributed by atoms with Gasteiger partial charge in [-0.3, -0.25) is 5.32 Å². The summed E-state index contributed by atoms with van der Waals surface area (Å²) in [5.41, 5.74) is 1.27. The molecule has 1 aliphatic carbocycles. The number of para-hydroxylation sites is 1. The zero-order valence-corrected chi connectivity index (χ0v) is 11.4. The van der Waals surface area contributed by atoms with E-state index in [4.69, 9.17) is 4.74 Å². The lowest BCUT2D eigenvalue weighted by Gasteiger charge is -2.06. The zero-order chi connectivity index (χ0) is 14.5. The summed E-state index contributed by atoms with van der Waals surface area (Å²) in [6, 6.07) is 12.4. The van der Waals surface area contributed by atoms with Crippen molar-refractivity contribution in [2.24, 2.45) is 5.92 Å². The minimum absolute atomic E-state index is 0.498. The molecule has 0 saturated heterocycles. The molecule has 0 radical (unpaired) electrons. The molecule has 1 amide bonds. The van der Waals surface area contributed by atoms with Gasteiger partial charge >= 0.3 is 6.09 Å². The summed E-state index contributed by atoms with van der Waals surface area (Å²) in [4.78, 5) is 15.9. The smallest absolute Gasteiger partial charge is 0.410 e. The summed E-state index contributed by atoms with van der Waals surface area (Å²) in [6.45, 7) is 0. The van der Waals surface area contributed by atoms with Crippen LogP contribution in [0.15, 0.2) is 48.7 Å². The third kappa shape index (κ3) is 4.08. The van der Waals surface area contributed by atoms with E-state index in [2.05, 4.69) is 22.1 Å².